The van der Waals surface area contributed by atoms with Gasteiger partial charge in [-0.25, -0.2) is 4.79 Å². The predicted molar refractivity (Wildman–Crippen MR) is 88.0 cm³/mol. The highest BCUT2D eigenvalue weighted by Gasteiger charge is 2.41. The van der Waals surface area contributed by atoms with E-state index in [-0.39, 0.29) is 6.10 Å². The number of benzene rings is 1. The monoisotopic (exact) mass is 391 g/mol. The van der Waals surface area contributed by atoms with E-state index in [0.717, 1.165) is 22.0 Å². The molecule has 0 aliphatic carbocycles. The van der Waals surface area contributed by atoms with Crippen molar-refractivity contribution in [3.8, 4) is 0 Å². The Morgan fingerprint density at radius 1 is 1.45 bits per heavy atom. The molecule has 0 aliphatic heterocycles. The number of ether oxygens (including phenoxy) is 1. The molecule has 1 aromatic rings. The lowest BCUT2D eigenvalue weighted by Gasteiger charge is -2.40. The van der Waals surface area contributed by atoms with Crippen LogP contribution in [0.4, 0.5) is 4.79 Å². The van der Waals surface area contributed by atoms with E-state index >= 15 is 0 Å². The molecule has 0 heterocycles. The Labute approximate surface area is 134 Å². The predicted octanol–water partition coefficient (Wildman–Crippen LogP) is 3.98. The van der Waals surface area contributed by atoms with Crippen molar-refractivity contribution >= 4 is 28.7 Å². The number of hydrogen-bond donors (Lipinski definition) is 2. The van der Waals surface area contributed by atoms with Crippen molar-refractivity contribution in [3.05, 3.63) is 33.4 Å². The van der Waals surface area contributed by atoms with Crippen molar-refractivity contribution in [1.29, 1.82) is 0 Å². The molecule has 0 aromatic heterocycles. The molecule has 0 radical (unpaired) electrons. The van der Waals surface area contributed by atoms with Crippen LogP contribution in [-0.4, -0.2) is 24.4 Å². The zero-order valence-corrected chi connectivity index (χ0v) is 14.3. The Kier molecular flexibility index (Phi) is 6.75. The van der Waals surface area contributed by atoms with Gasteiger partial charge in [0.25, 0.3) is 0 Å². The molecule has 2 atom stereocenters. The molecule has 112 valence electrons. The molecule has 0 fully saturated rings. The van der Waals surface area contributed by atoms with Gasteiger partial charge in [0.1, 0.15) is 0 Å². The lowest BCUT2D eigenvalue weighted by molar-refractivity contribution is 0.00626. The van der Waals surface area contributed by atoms with Gasteiger partial charge in [0.2, 0.25) is 0 Å². The quantitative estimate of drug-likeness (QED) is 0.692. The third kappa shape index (κ3) is 3.63. The van der Waals surface area contributed by atoms with E-state index in [4.69, 9.17) is 4.74 Å². The maximum absolute atomic E-state index is 11.3. The number of hydrogen-bond acceptors (Lipinski definition) is 2. The number of nitrogens with one attached hydrogen (secondary N) is 1. The number of carbonyl (C=O) groups is 1. The molecule has 0 bridgehead atoms. The van der Waals surface area contributed by atoms with Crippen LogP contribution in [0.1, 0.15) is 38.7 Å². The first-order chi connectivity index (χ1) is 9.51. The average Bonchev–Trinajstić information content (AvgIpc) is 2.43. The fraction of sp³-hybridized carbons (Fsp3) is 0.533. The molecular weight excluding hydrogens is 369 g/mol. The van der Waals surface area contributed by atoms with Gasteiger partial charge in [-0.3, -0.25) is 0 Å². The SMILES string of the molecule is CCCC(OC)C(CC)(NC(=O)O)c1ccccc1I. The molecule has 1 aromatic carbocycles. The van der Waals surface area contributed by atoms with E-state index in [9.17, 15) is 9.90 Å². The molecule has 0 saturated heterocycles. The molecular formula is C15H22INO3. The summed E-state index contributed by atoms with van der Waals surface area (Å²) in [5.41, 5.74) is 0.264. The van der Waals surface area contributed by atoms with Crippen LogP contribution >= 0.6 is 22.6 Å². The Hall–Kier alpha value is -0.820. The van der Waals surface area contributed by atoms with Crippen LogP contribution in [0.25, 0.3) is 0 Å². The summed E-state index contributed by atoms with van der Waals surface area (Å²) in [5, 5.41) is 12.0. The highest BCUT2D eigenvalue weighted by Crippen LogP contribution is 2.35. The van der Waals surface area contributed by atoms with Gasteiger partial charge < -0.3 is 15.2 Å². The van der Waals surface area contributed by atoms with Gasteiger partial charge in [0, 0.05) is 10.7 Å². The minimum absolute atomic E-state index is 0.190. The van der Waals surface area contributed by atoms with Gasteiger partial charge in [-0.2, -0.15) is 0 Å². The van der Waals surface area contributed by atoms with E-state index in [1.54, 1.807) is 7.11 Å². The van der Waals surface area contributed by atoms with E-state index in [2.05, 4.69) is 34.8 Å². The molecule has 0 spiro atoms. The van der Waals surface area contributed by atoms with E-state index in [1.807, 2.05) is 31.2 Å². The number of halogens is 1. The number of carboxylic acid groups (broad SMARTS) is 1. The Morgan fingerprint density at radius 3 is 2.55 bits per heavy atom. The normalized spacial score (nSPS) is 15.4. The molecule has 4 nitrogen and oxygen atoms in total. The van der Waals surface area contributed by atoms with Crippen molar-refractivity contribution < 1.29 is 14.6 Å². The summed E-state index contributed by atoms with van der Waals surface area (Å²) in [5.74, 6) is 0. The van der Waals surface area contributed by atoms with Gasteiger partial charge in [-0.15, -0.1) is 0 Å². The third-order valence-corrected chi connectivity index (χ3v) is 4.57. The number of amides is 1. The average molecular weight is 391 g/mol. The second-order valence-corrected chi connectivity index (χ2v) is 5.91. The van der Waals surface area contributed by atoms with Crippen LogP contribution < -0.4 is 5.32 Å². The van der Waals surface area contributed by atoms with E-state index in [0.29, 0.717) is 6.42 Å². The maximum Gasteiger partial charge on any atom is 0.405 e. The summed E-state index contributed by atoms with van der Waals surface area (Å²) in [6.45, 7) is 4.06. The summed E-state index contributed by atoms with van der Waals surface area (Å²) in [7, 11) is 1.64. The molecule has 2 N–H and O–H groups in total. The van der Waals surface area contributed by atoms with Gasteiger partial charge in [0.05, 0.1) is 11.6 Å². The third-order valence-electron chi connectivity index (χ3n) is 3.63. The molecule has 1 amide bonds. The first-order valence-corrected chi connectivity index (χ1v) is 7.88. The van der Waals surface area contributed by atoms with Crippen LogP contribution in [0.2, 0.25) is 0 Å². The van der Waals surface area contributed by atoms with Gasteiger partial charge >= 0.3 is 6.09 Å². The van der Waals surface area contributed by atoms with Crippen molar-refractivity contribution in [3.63, 3.8) is 0 Å². The van der Waals surface area contributed by atoms with Crippen molar-refractivity contribution in [2.75, 3.05) is 7.11 Å². The van der Waals surface area contributed by atoms with Crippen LogP contribution in [0.5, 0.6) is 0 Å². The highest BCUT2D eigenvalue weighted by molar-refractivity contribution is 14.1. The maximum atomic E-state index is 11.3. The second kappa shape index (κ2) is 7.83. The van der Waals surface area contributed by atoms with E-state index in [1.165, 1.54) is 0 Å². The molecule has 2 unspecified atom stereocenters. The lowest BCUT2D eigenvalue weighted by atomic mass is 9.80. The molecule has 1 rings (SSSR count). The van der Waals surface area contributed by atoms with Crippen molar-refractivity contribution in [2.45, 2.75) is 44.8 Å². The molecule has 5 heteroatoms. The Morgan fingerprint density at radius 2 is 2.10 bits per heavy atom. The van der Waals surface area contributed by atoms with Crippen molar-refractivity contribution in [2.24, 2.45) is 0 Å². The van der Waals surface area contributed by atoms with Gasteiger partial charge in [-0.05, 0) is 47.1 Å². The minimum atomic E-state index is -1.02. The number of rotatable bonds is 7. The smallest absolute Gasteiger partial charge is 0.405 e. The van der Waals surface area contributed by atoms with Crippen LogP contribution in [-0.2, 0) is 10.3 Å². The fourth-order valence-electron chi connectivity index (χ4n) is 2.67. The van der Waals surface area contributed by atoms with E-state index < -0.39 is 11.6 Å². The number of methoxy groups -OCH3 is 1. The first kappa shape index (κ1) is 17.2. The summed E-state index contributed by atoms with van der Waals surface area (Å²) >= 11 is 2.25. The minimum Gasteiger partial charge on any atom is -0.465 e. The highest BCUT2D eigenvalue weighted by atomic mass is 127. The zero-order chi connectivity index (χ0) is 15.2. The first-order valence-electron chi connectivity index (χ1n) is 6.80. The summed E-state index contributed by atoms with van der Waals surface area (Å²) in [6, 6.07) is 7.85. The topological polar surface area (TPSA) is 58.6 Å². The zero-order valence-electron chi connectivity index (χ0n) is 12.1. The van der Waals surface area contributed by atoms with Crippen LogP contribution in [0, 0.1) is 3.57 Å². The lowest BCUT2D eigenvalue weighted by Crippen LogP contribution is -2.54. The summed E-state index contributed by atoms with van der Waals surface area (Å²) < 4.78 is 6.67. The molecule has 0 saturated carbocycles. The summed E-state index contributed by atoms with van der Waals surface area (Å²) in [6.07, 6.45) is 1.16. The van der Waals surface area contributed by atoms with Gasteiger partial charge in [-0.1, -0.05) is 38.5 Å². The fourth-order valence-corrected chi connectivity index (χ4v) is 3.54. The standard InChI is InChI=1S/C15H22INO3/c1-4-8-13(20-3)15(5-2,17-14(18)19)11-9-6-7-10-12(11)16/h6-7,9-10,13,17H,4-5,8H2,1-3H3,(H,18,19). The largest absolute Gasteiger partial charge is 0.465 e. The Bertz CT molecular complexity index is 452. The summed E-state index contributed by atoms with van der Waals surface area (Å²) in [4.78, 5) is 11.3. The second-order valence-electron chi connectivity index (χ2n) is 4.75. The van der Waals surface area contributed by atoms with Gasteiger partial charge in [0.15, 0.2) is 0 Å². The molecule has 0 aliphatic rings. The van der Waals surface area contributed by atoms with Crippen LogP contribution in [0.3, 0.4) is 0 Å². The molecule has 20 heavy (non-hydrogen) atoms. The van der Waals surface area contributed by atoms with Crippen LogP contribution in [0.15, 0.2) is 24.3 Å². The Balaban J connectivity index is 3.38. The van der Waals surface area contributed by atoms with Crippen molar-refractivity contribution in [1.82, 2.24) is 5.32 Å².